The predicted octanol–water partition coefficient (Wildman–Crippen LogP) is 7.86. The summed E-state index contributed by atoms with van der Waals surface area (Å²) in [7, 11) is 0. The van der Waals surface area contributed by atoms with Gasteiger partial charge < -0.3 is 0 Å². The minimum atomic E-state index is 0.807. The Kier molecular flexibility index (Phi) is 8.09. The van der Waals surface area contributed by atoms with Crippen LogP contribution in [-0.4, -0.2) is 0 Å². The van der Waals surface area contributed by atoms with Gasteiger partial charge in [-0.2, -0.15) is 0 Å². The molecule has 0 unspecified atom stereocenters. The summed E-state index contributed by atoms with van der Waals surface area (Å²) in [4.78, 5) is 0. The van der Waals surface area contributed by atoms with E-state index in [4.69, 9.17) is 0 Å². The van der Waals surface area contributed by atoms with E-state index in [0.29, 0.717) is 0 Å². The molecule has 0 aromatic heterocycles. The molecule has 24 heavy (non-hydrogen) atoms. The fraction of sp³-hybridized carbons (Fsp3) is 0.667. The molecule has 0 N–H and O–H groups in total. The Morgan fingerprint density at radius 1 is 0.708 bits per heavy atom. The van der Waals surface area contributed by atoms with Gasteiger partial charge in [0.2, 0.25) is 0 Å². The summed E-state index contributed by atoms with van der Waals surface area (Å²) in [6, 6.07) is 9.75. The van der Waals surface area contributed by atoms with Gasteiger partial charge in [0, 0.05) is 0 Å². The van der Waals surface area contributed by atoms with Crippen LogP contribution in [0, 0.1) is 11.8 Å². The summed E-state index contributed by atoms with van der Waals surface area (Å²) < 4.78 is 0. The summed E-state index contributed by atoms with van der Waals surface area (Å²) in [5.41, 5.74) is 3.19. The van der Waals surface area contributed by atoms with Crippen LogP contribution in [0.1, 0.15) is 102 Å². The molecule has 0 saturated heterocycles. The van der Waals surface area contributed by atoms with Crippen molar-refractivity contribution in [1.82, 2.24) is 0 Å². The molecule has 0 bridgehead atoms. The number of rotatable bonds is 3. The highest BCUT2D eigenvalue weighted by molar-refractivity contribution is 5.28. The fourth-order valence-electron chi connectivity index (χ4n) is 4.55. The van der Waals surface area contributed by atoms with Crippen molar-refractivity contribution in [2.24, 2.45) is 11.8 Å². The van der Waals surface area contributed by atoms with E-state index in [2.05, 4.69) is 50.3 Å². The third-order valence-corrected chi connectivity index (χ3v) is 6.13. The maximum Gasteiger partial charge on any atom is -0.0162 e. The molecule has 0 aliphatic heterocycles. The zero-order chi connectivity index (χ0) is 17.4. The Labute approximate surface area is 150 Å². The van der Waals surface area contributed by atoms with Crippen LogP contribution in [0.4, 0.5) is 0 Å². The van der Waals surface area contributed by atoms with Gasteiger partial charge in [0.1, 0.15) is 0 Å². The van der Waals surface area contributed by atoms with Crippen LogP contribution in [-0.2, 0) is 0 Å². The third-order valence-electron chi connectivity index (χ3n) is 6.13. The second kappa shape index (κ2) is 10.1. The second-order valence-electron chi connectivity index (χ2n) is 7.76. The van der Waals surface area contributed by atoms with Crippen molar-refractivity contribution in [3.8, 4) is 0 Å². The van der Waals surface area contributed by atoms with Crippen LogP contribution in [0.3, 0.4) is 0 Å². The zero-order valence-corrected chi connectivity index (χ0v) is 16.4. The molecule has 2 aliphatic carbocycles. The van der Waals surface area contributed by atoms with Crippen molar-refractivity contribution < 1.29 is 0 Å². The van der Waals surface area contributed by atoms with Gasteiger partial charge in [0.15, 0.2) is 0 Å². The first kappa shape index (κ1) is 19.3. The zero-order valence-electron chi connectivity index (χ0n) is 16.4. The van der Waals surface area contributed by atoms with Crippen molar-refractivity contribution >= 4 is 0 Å². The normalized spacial score (nSPS) is 30.7. The molecule has 2 saturated carbocycles. The van der Waals surface area contributed by atoms with Crippen molar-refractivity contribution in [1.29, 1.82) is 0 Å². The molecule has 1 aromatic rings. The quantitative estimate of drug-likeness (QED) is 0.496. The van der Waals surface area contributed by atoms with Gasteiger partial charge in [-0.1, -0.05) is 70.0 Å². The topological polar surface area (TPSA) is 0 Å². The van der Waals surface area contributed by atoms with Gasteiger partial charge >= 0.3 is 0 Å². The summed E-state index contributed by atoms with van der Waals surface area (Å²) in [6.07, 6.45) is 15.8. The van der Waals surface area contributed by atoms with Gasteiger partial charge in [0.25, 0.3) is 0 Å². The van der Waals surface area contributed by atoms with E-state index >= 15 is 0 Å². The SMILES string of the molecule is C/C=C/C1CCC(c2ccc(C3CCC(C)CC3)cc2)CC1.CC. The Balaban J connectivity index is 0.00000100. The highest BCUT2D eigenvalue weighted by Gasteiger charge is 2.22. The molecule has 0 nitrogen and oxygen atoms in total. The number of benzene rings is 1. The van der Waals surface area contributed by atoms with Crippen LogP contribution in [0.15, 0.2) is 36.4 Å². The van der Waals surface area contributed by atoms with Crippen LogP contribution in [0.2, 0.25) is 0 Å². The minimum Gasteiger partial charge on any atom is -0.0914 e. The van der Waals surface area contributed by atoms with Crippen molar-refractivity contribution in [3.63, 3.8) is 0 Å². The highest BCUT2D eigenvalue weighted by Crippen LogP contribution is 2.38. The number of hydrogen-bond acceptors (Lipinski definition) is 0. The molecule has 0 heterocycles. The fourth-order valence-corrected chi connectivity index (χ4v) is 4.55. The van der Waals surface area contributed by atoms with E-state index in [1.165, 1.54) is 51.4 Å². The Bertz CT molecular complexity index is 465. The van der Waals surface area contributed by atoms with Gasteiger partial charge in [0.05, 0.1) is 0 Å². The molecule has 0 radical (unpaired) electrons. The first-order valence-corrected chi connectivity index (χ1v) is 10.5. The molecule has 2 fully saturated rings. The van der Waals surface area contributed by atoms with Crippen LogP contribution < -0.4 is 0 Å². The molecular weight excluding hydrogens is 288 g/mol. The Hall–Kier alpha value is -1.04. The van der Waals surface area contributed by atoms with Crippen LogP contribution in [0.25, 0.3) is 0 Å². The third kappa shape index (κ3) is 5.23. The average Bonchev–Trinajstić information content (AvgIpc) is 2.65. The predicted molar refractivity (Wildman–Crippen MR) is 108 cm³/mol. The van der Waals surface area contributed by atoms with Gasteiger partial charge in [-0.15, -0.1) is 0 Å². The van der Waals surface area contributed by atoms with E-state index in [1.54, 1.807) is 11.1 Å². The smallest absolute Gasteiger partial charge is 0.0162 e. The first-order chi connectivity index (χ1) is 11.8. The van der Waals surface area contributed by atoms with Crippen molar-refractivity contribution in [3.05, 3.63) is 47.5 Å². The molecule has 0 amide bonds. The lowest BCUT2D eigenvalue weighted by atomic mass is 9.77. The standard InChI is InChI=1S/C22H32.C2H6/c1-3-4-18-7-11-20(12-8-18)22-15-13-21(14-16-22)19-9-5-17(2)6-10-19;1-2/h3-4,13-20H,5-12H2,1-2H3;1-2H3/b4-3+;. The van der Waals surface area contributed by atoms with Gasteiger partial charge in [-0.25, -0.2) is 0 Å². The molecule has 134 valence electrons. The molecule has 0 atom stereocenters. The Morgan fingerprint density at radius 3 is 1.54 bits per heavy atom. The molecule has 1 aromatic carbocycles. The first-order valence-electron chi connectivity index (χ1n) is 10.5. The largest absolute Gasteiger partial charge is 0.0914 e. The average molecular weight is 327 g/mol. The van der Waals surface area contributed by atoms with E-state index in [0.717, 1.165) is 23.7 Å². The van der Waals surface area contributed by atoms with Gasteiger partial charge in [-0.05, 0) is 80.2 Å². The van der Waals surface area contributed by atoms with Crippen LogP contribution >= 0.6 is 0 Å². The van der Waals surface area contributed by atoms with E-state index in [9.17, 15) is 0 Å². The summed E-state index contributed by atoms with van der Waals surface area (Å²) in [5, 5.41) is 0. The summed E-state index contributed by atoms with van der Waals surface area (Å²) in [6.45, 7) is 8.56. The lowest BCUT2D eigenvalue weighted by Crippen LogP contribution is -2.12. The molecular formula is C24H38. The van der Waals surface area contributed by atoms with E-state index in [1.807, 2.05) is 13.8 Å². The highest BCUT2D eigenvalue weighted by atomic mass is 14.3. The van der Waals surface area contributed by atoms with Crippen molar-refractivity contribution in [2.45, 2.75) is 90.9 Å². The van der Waals surface area contributed by atoms with E-state index < -0.39 is 0 Å². The van der Waals surface area contributed by atoms with Gasteiger partial charge in [-0.3, -0.25) is 0 Å². The lowest BCUT2D eigenvalue weighted by molar-refractivity contribution is 0.347. The number of allylic oxidation sites excluding steroid dienone is 2. The maximum atomic E-state index is 2.44. The second-order valence-corrected chi connectivity index (χ2v) is 7.76. The maximum absolute atomic E-state index is 2.44. The summed E-state index contributed by atoms with van der Waals surface area (Å²) >= 11 is 0. The molecule has 3 rings (SSSR count). The molecule has 2 aliphatic rings. The number of hydrogen-bond donors (Lipinski definition) is 0. The lowest BCUT2D eigenvalue weighted by Gasteiger charge is -2.28. The Morgan fingerprint density at radius 2 is 1.12 bits per heavy atom. The van der Waals surface area contributed by atoms with E-state index in [-0.39, 0.29) is 0 Å². The van der Waals surface area contributed by atoms with Crippen LogP contribution in [0.5, 0.6) is 0 Å². The molecule has 0 spiro atoms. The minimum absolute atomic E-state index is 0.807. The van der Waals surface area contributed by atoms with Crippen molar-refractivity contribution in [2.75, 3.05) is 0 Å². The molecule has 0 heteroatoms. The summed E-state index contributed by atoms with van der Waals surface area (Å²) in [5.74, 6) is 3.42. The monoisotopic (exact) mass is 326 g/mol.